The molecule has 1 rings (SSSR count). The van der Waals surface area contributed by atoms with Crippen molar-refractivity contribution in [2.45, 2.75) is 73.1 Å². The summed E-state index contributed by atoms with van der Waals surface area (Å²) in [6, 6.07) is 6.14. The highest BCUT2D eigenvalue weighted by molar-refractivity contribution is 5.94. The van der Waals surface area contributed by atoms with Crippen LogP contribution >= 0.6 is 0 Å². The smallest absolute Gasteiger partial charge is 0.309 e. The molecule has 0 spiro atoms. The number of rotatable bonds is 10. The number of benzene rings is 1. The zero-order valence-electron chi connectivity index (χ0n) is 16.4. The first-order valence-electron chi connectivity index (χ1n) is 9.30. The third kappa shape index (κ3) is 6.52. The quantitative estimate of drug-likeness (QED) is 0.598. The Balaban J connectivity index is 2.90. The van der Waals surface area contributed by atoms with Crippen LogP contribution in [0.2, 0.25) is 0 Å². The van der Waals surface area contributed by atoms with Gasteiger partial charge in [0.2, 0.25) is 5.91 Å². The number of carboxylic acid groups (broad SMARTS) is 1. The van der Waals surface area contributed by atoms with Crippen molar-refractivity contribution >= 4 is 17.6 Å². The molecule has 0 aliphatic heterocycles. The number of aliphatic carboxylic acids is 1. The number of carbonyl (C=O) groups is 2. The lowest BCUT2D eigenvalue weighted by atomic mass is 9.88. The summed E-state index contributed by atoms with van der Waals surface area (Å²) >= 11 is 0. The molecule has 4 heteroatoms. The predicted molar refractivity (Wildman–Crippen MR) is 103 cm³/mol. The van der Waals surface area contributed by atoms with Crippen molar-refractivity contribution in [2.24, 2.45) is 5.41 Å². The second-order valence-corrected chi connectivity index (χ2v) is 7.59. The van der Waals surface area contributed by atoms with Crippen LogP contribution in [0.15, 0.2) is 18.2 Å². The molecular weight excluding hydrogens is 314 g/mol. The zero-order chi connectivity index (χ0) is 19.0. The van der Waals surface area contributed by atoms with E-state index in [1.807, 2.05) is 30.9 Å². The molecule has 0 aliphatic carbocycles. The fourth-order valence-electron chi connectivity index (χ4n) is 2.84. The molecule has 4 nitrogen and oxygen atoms in total. The highest BCUT2D eigenvalue weighted by atomic mass is 16.4. The molecule has 0 aliphatic rings. The molecule has 25 heavy (non-hydrogen) atoms. The number of amides is 1. The fourth-order valence-corrected chi connectivity index (χ4v) is 2.84. The van der Waals surface area contributed by atoms with Crippen LogP contribution in [-0.4, -0.2) is 23.5 Å². The Bertz CT molecular complexity index is 593. The number of hydrogen-bond donors (Lipinski definition) is 1. The van der Waals surface area contributed by atoms with Gasteiger partial charge in [-0.05, 0) is 64.2 Å². The van der Waals surface area contributed by atoms with Crippen molar-refractivity contribution in [2.75, 3.05) is 11.4 Å². The van der Waals surface area contributed by atoms with Crippen LogP contribution in [0.25, 0.3) is 0 Å². The second kappa shape index (κ2) is 9.59. The summed E-state index contributed by atoms with van der Waals surface area (Å²) in [5.41, 5.74) is 2.39. The summed E-state index contributed by atoms with van der Waals surface area (Å²) in [6.07, 6.45) is 4.81. The topological polar surface area (TPSA) is 57.6 Å². The van der Waals surface area contributed by atoms with E-state index in [-0.39, 0.29) is 5.91 Å². The summed E-state index contributed by atoms with van der Waals surface area (Å²) in [5.74, 6) is -0.657. The maximum atomic E-state index is 12.8. The van der Waals surface area contributed by atoms with Crippen molar-refractivity contribution in [3.8, 4) is 0 Å². The van der Waals surface area contributed by atoms with E-state index in [2.05, 4.69) is 13.0 Å². The average molecular weight is 347 g/mol. The molecule has 0 unspecified atom stereocenters. The van der Waals surface area contributed by atoms with Crippen LogP contribution < -0.4 is 4.90 Å². The van der Waals surface area contributed by atoms with E-state index in [9.17, 15) is 14.7 Å². The van der Waals surface area contributed by atoms with Crippen molar-refractivity contribution in [1.29, 1.82) is 0 Å². The van der Waals surface area contributed by atoms with Gasteiger partial charge in [0.05, 0.1) is 5.41 Å². The number of unbranched alkanes of at least 4 members (excludes halogenated alkanes) is 2. The second-order valence-electron chi connectivity index (χ2n) is 7.59. The SMILES string of the molecule is CCCCCC(=O)N(CCCC(C)(C)C(=O)O)c1cc(C)ccc1C. The van der Waals surface area contributed by atoms with E-state index in [1.54, 1.807) is 13.8 Å². The van der Waals surface area contributed by atoms with Gasteiger partial charge in [-0.25, -0.2) is 0 Å². The Morgan fingerprint density at radius 3 is 2.40 bits per heavy atom. The van der Waals surface area contributed by atoms with E-state index in [0.29, 0.717) is 25.8 Å². The molecule has 0 heterocycles. The highest BCUT2D eigenvalue weighted by Gasteiger charge is 2.27. The fraction of sp³-hybridized carbons (Fsp3) is 0.619. The molecule has 1 N–H and O–H groups in total. The number of carboxylic acids is 1. The average Bonchev–Trinajstić information content (AvgIpc) is 2.54. The van der Waals surface area contributed by atoms with Gasteiger partial charge in [-0.2, -0.15) is 0 Å². The largest absolute Gasteiger partial charge is 0.481 e. The van der Waals surface area contributed by atoms with Crippen LogP contribution in [0.5, 0.6) is 0 Å². The number of hydrogen-bond acceptors (Lipinski definition) is 2. The first kappa shape index (κ1) is 21.2. The zero-order valence-corrected chi connectivity index (χ0v) is 16.4. The van der Waals surface area contributed by atoms with E-state index in [1.165, 1.54) is 0 Å². The Kier molecular flexibility index (Phi) is 8.14. The molecule has 0 fully saturated rings. The van der Waals surface area contributed by atoms with Gasteiger partial charge in [0, 0.05) is 18.7 Å². The van der Waals surface area contributed by atoms with Crippen molar-refractivity contribution in [1.82, 2.24) is 0 Å². The van der Waals surface area contributed by atoms with Crippen LogP contribution in [-0.2, 0) is 9.59 Å². The Hall–Kier alpha value is -1.84. The Morgan fingerprint density at radius 2 is 1.80 bits per heavy atom. The number of nitrogens with zero attached hydrogens (tertiary/aromatic N) is 1. The van der Waals surface area contributed by atoms with Gasteiger partial charge in [-0.3, -0.25) is 9.59 Å². The molecule has 1 aromatic rings. The minimum absolute atomic E-state index is 0.135. The van der Waals surface area contributed by atoms with Gasteiger partial charge >= 0.3 is 5.97 Å². The molecule has 0 aromatic heterocycles. The molecule has 140 valence electrons. The van der Waals surface area contributed by atoms with Gasteiger partial charge < -0.3 is 10.0 Å². The summed E-state index contributed by atoms with van der Waals surface area (Å²) in [7, 11) is 0. The van der Waals surface area contributed by atoms with Crippen molar-refractivity contribution < 1.29 is 14.7 Å². The molecule has 0 bridgehead atoms. The van der Waals surface area contributed by atoms with Crippen LogP contribution in [0, 0.1) is 19.3 Å². The van der Waals surface area contributed by atoms with E-state index < -0.39 is 11.4 Å². The lowest BCUT2D eigenvalue weighted by Gasteiger charge is -2.27. The minimum atomic E-state index is -0.792. The maximum absolute atomic E-state index is 12.8. The summed E-state index contributed by atoms with van der Waals surface area (Å²) in [6.45, 7) is 10.2. The summed E-state index contributed by atoms with van der Waals surface area (Å²) in [4.78, 5) is 25.9. The molecule has 1 amide bonds. The van der Waals surface area contributed by atoms with E-state index >= 15 is 0 Å². The highest BCUT2D eigenvalue weighted by Crippen LogP contribution is 2.26. The molecule has 0 radical (unpaired) electrons. The number of carbonyl (C=O) groups excluding carboxylic acids is 1. The lowest BCUT2D eigenvalue weighted by molar-refractivity contribution is -0.147. The first-order chi connectivity index (χ1) is 11.7. The Morgan fingerprint density at radius 1 is 1.12 bits per heavy atom. The molecular formula is C21H33NO3. The molecule has 0 saturated carbocycles. The van der Waals surface area contributed by atoms with Gasteiger partial charge in [-0.15, -0.1) is 0 Å². The van der Waals surface area contributed by atoms with Gasteiger partial charge in [0.1, 0.15) is 0 Å². The standard InChI is InChI=1S/C21H33NO3/c1-6-7-8-10-19(23)22(14-9-13-21(4,5)20(24)25)18-15-16(2)11-12-17(18)3/h11-12,15H,6-10,13-14H2,1-5H3,(H,24,25). The summed E-state index contributed by atoms with van der Waals surface area (Å²) in [5, 5.41) is 9.28. The van der Waals surface area contributed by atoms with Crippen LogP contribution in [0.3, 0.4) is 0 Å². The van der Waals surface area contributed by atoms with Crippen molar-refractivity contribution in [3.63, 3.8) is 0 Å². The monoisotopic (exact) mass is 347 g/mol. The van der Waals surface area contributed by atoms with Crippen LogP contribution in [0.4, 0.5) is 5.69 Å². The van der Waals surface area contributed by atoms with Gasteiger partial charge in [0.15, 0.2) is 0 Å². The maximum Gasteiger partial charge on any atom is 0.309 e. The summed E-state index contributed by atoms with van der Waals surface area (Å²) < 4.78 is 0. The Labute approximate surface area is 152 Å². The third-order valence-corrected chi connectivity index (χ3v) is 4.71. The molecule has 1 aromatic carbocycles. The van der Waals surface area contributed by atoms with E-state index in [0.717, 1.165) is 36.1 Å². The first-order valence-corrected chi connectivity index (χ1v) is 9.30. The molecule has 0 saturated heterocycles. The van der Waals surface area contributed by atoms with E-state index in [4.69, 9.17) is 0 Å². The molecule has 0 atom stereocenters. The van der Waals surface area contributed by atoms with Gasteiger partial charge in [0.25, 0.3) is 0 Å². The van der Waals surface area contributed by atoms with Crippen molar-refractivity contribution in [3.05, 3.63) is 29.3 Å². The number of anilines is 1. The third-order valence-electron chi connectivity index (χ3n) is 4.71. The lowest BCUT2D eigenvalue weighted by Crippen LogP contribution is -2.33. The van der Waals surface area contributed by atoms with Crippen LogP contribution in [0.1, 0.15) is 70.4 Å². The predicted octanol–water partition coefficient (Wildman–Crippen LogP) is 5.11. The normalized spacial score (nSPS) is 11.4. The minimum Gasteiger partial charge on any atom is -0.481 e. The number of aryl methyl sites for hydroxylation is 2. The van der Waals surface area contributed by atoms with Gasteiger partial charge in [-0.1, -0.05) is 31.9 Å².